The highest BCUT2D eigenvalue weighted by Gasteiger charge is 2.28. The molecular weight excluding hydrogens is 425 g/mol. The number of rotatable bonds is 5. The highest BCUT2D eigenvalue weighted by atomic mass is 35.5. The highest BCUT2D eigenvalue weighted by Crippen LogP contribution is 2.26. The van der Waals surface area contributed by atoms with Crippen LogP contribution in [-0.2, 0) is 24.2 Å². The number of methoxy groups -OCH3 is 1. The third-order valence-electron chi connectivity index (χ3n) is 4.98. The van der Waals surface area contributed by atoms with E-state index < -0.39 is 5.97 Å². The number of carbonyl (C=O) groups is 1. The fraction of sp³-hybridized carbons (Fsp3) is 0.227. The number of halogens is 2. The molecule has 0 aliphatic carbocycles. The summed E-state index contributed by atoms with van der Waals surface area (Å²) in [5.41, 5.74) is 3.08. The van der Waals surface area contributed by atoms with Crippen molar-refractivity contribution in [1.29, 1.82) is 0 Å². The van der Waals surface area contributed by atoms with E-state index in [0.29, 0.717) is 16.3 Å². The van der Waals surface area contributed by atoms with E-state index in [1.807, 2.05) is 35.0 Å². The summed E-state index contributed by atoms with van der Waals surface area (Å²) in [7, 11) is 1.33. The Morgan fingerprint density at radius 1 is 1.20 bits per heavy atom. The van der Waals surface area contributed by atoms with E-state index in [1.54, 1.807) is 24.3 Å². The number of hydrogen-bond acceptors (Lipinski definition) is 4. The number of aromatic nitrogens is 2. The molecule has 0 spiro atoms. The monoisotopic (exact) mass is 445 g/mol. The molecule has 0 atom stereocenters. The van der Waals surface area contributed by atoms with Gasteiger partial charge >= 0.3 is 5.97 Å². The summed E-state index contributed by atoms with van der Waals surface area (Å²) in [6.45, 7) is 1.10. The fourth-order valence-corrected chi connectivity index (χ4v) is 3.74. The SMILES string of the molecule is COC(=O)c1ccc(N=C([O-])C[n+]2cc(-c3ccc(Cl)cc3)n3c2CCC3)cc1.Cl. The zero-order valence-electron chi connectivity index (χ0n) is 16.4. The summed E-state index contributed by atoms with van der Waals surface area (Å²) in [6.07, 6.45) is 3.98. The minimum absolute atomic E-state index is 0. The first kappa shape index (κ1) is 21.9. The van der Waals surface area contributed by atoms with Crippen LogP contribution in [0, 0.1) is 0 Å². The average molecular weight is 446 g/mol. The summed E-state index contributed by atoms with van der Waals surface area (Å²) in [6, 6.07) is 14.2. The molecule has 0 bridgehead atoms. The molecule has 8 heteroatoms. The lowest BCUT2D eigenvalue weighted by Gasteiger charge is -2.09. The Balaban J connectivity index is 0.00000256. The van der Waals surface area contributed by atoms with Gasteiger partial charge in [0.05, 0.1) is 31.3 Å². The van der Waals surface area contributed by atoms with E-state index in [0.717, 1.165) is 36.5 Å². The van der Waals surface area contributed by atoms with Gasteiger partial charge in [-0.25, -0.2) is 13.9 Å². The van der Waals surface area contributed by atoms with Crippen LogP contribution in [0.2, 0.25) is 5.02 Å². The number of imidazole rings is 1. The first-order valence-electron chi connectivity index (χ1n) is 9.36. The molecule has 0 fully saturated rings. The van der Waals surface area contributed by atoms with E-state index in [4.69, 9.17) is 11.6 Å². The van der Waals surface area contributed by atoms with Gasteiger partial charge in [-0.1, -0.05) is 11.6 Å². The summed E-state index contributed by atoms with van der Waals surface area (Å²) in [4.78, 5) is 15.7. The van der Waals surface area contributed by atoms with E-state index in [9.17, 15) is 9.90 Å². The Morgan fingerprint density at radius 3 is 2.57 bits per heavy atom. The van der Waals surface area contributed by atoms with Crippen molar-refractivity contribution < 1.29 is 19.2 Å². The highest BCUT2D eigenvalue weighted by molar-refractivity contribution is 6.30. The quantitative estimate of drug-likeness (QED) is 0.261. The molecule has 0 radical (unpaired) electrons. The van der Waals surface area contributed by atoms with Gasteiger partial charge in [-0.3, -0.25) is 4.99 Å². The molecule has 1 aliphatic rings. The number of fused-ring (bicyclic) bond motifs is 1. The third-order valence-corrected chi connectivity index (χ3v) is 5.23. The van der Waals surface area contributed by atoms with Crippen LogP contribution in [0.3, 0.4) is 0 Å². The number of hydrogen-bond donors (Lipinski definition) is 0. The predicted octanol–water partition coefficient (Wildman–Crippen LogP) is 3.34. The van der Waals surface area contributed by atoms with Crippen LogP contribution < -0.4 is 9.67 Å². The Kier molecular flexibility index (Phi) is 6.80. The Morgan fingerprint density at radius 2 is 1.90 bits per heavy atom. The first-order chi connectivity index (χ1) is 14.0. The second-order valence-electron chi connectivity index (χ2n) is 6.86. The van der Waals surface area contributed by atoms with Gasteiger partial charge in [0.1, 0.15) is 12.7 Å². The molecule has 0 saturated carbocycles. The van der Waals surface area contributed by atoms with Crippen molar-refractivity contribution in [3.8, 4) is 11.3 Å². The van der Waals surface area contributed by atoms with Gasteiger partial charge in [0, 0.05) is 16.5 Å². The standard InChI is InChI=1S/C22H20ClN3O3.ClH/c1-29-22(28)16-6-10-18(11-7-16)24-20(27)14-25-13-19(26-12-2-3-21(25)26)15-4-8-17(23)9-5-15;/h4-11,13H,2-3,12,14H2,1H3;1H. The number of carbonyl (C=O) groups excluding carboxylic acids is 1. The van der Waals surface area contributed by atoms with Gasteiger partial charge in [0.25, 0.3) is 5.82 Å². The van der Waals surface area contributed by atoms with Gasteiger partial charge in [0.15, 0.2) is 5.69 Å². The summed E-state index contributed by atoms with van der Waals surface area (Å²) < 4.78 is 8.90. The number of aliphatic imine (C=N–C) groups is 1. The lowest BCUT2D eigenvalue weighted by molar-refractivity contribution is -0.693. The van der Waals surface area contributed by atoms with Crippen LogP contribution in [-0.4, -0.2) is 23.5 Å². The van der Waals surface area contributed by atoms with Crippen molar-refractivity contribution in [3.05, 3.63) is 71.1 Å². The van der Waals surface area contributed by atoms with Gasteiger partial charge in [-0.2, -0.15) is 0 Å². The van der Waals surface area contributed by atoms with E-state index >= 15 is 0 Å². The largest absolute Gasteiger partial charge is 0.859 e. The lowest BCUT2D eigenvalue weighted by Crippen LogP contribution is -2.43. The summed E-state index contributed by atoms with van der Waals surface area (Å²) >= 11 is 6.01. The molecular formula is C22H21Cl2N3O3. The average Bonchev–Trinajstić information content (AvgIpc) is 3.33. The third kappa shape index (κ3) is 4.50. The van der Waals surface area contributed by atoms with Crippen molar-refractivity contribution in [1.82, 2.24) is 4.57 Å². The van der Waals surface area contributed by atoms with Crippen LogP contribution >= 0.6 is 24.0 Å². The molecule has 3 aromatic rings. The van der Waals surface area contributed by atoms with Crippen molar-refractivity contribution in [3.63, 3.8) is 0 Å². The Bertz CT molecular complexity index is 1070. The van der Waals surface area contributed by atoms with E-state index in [1.165, 1.54) is 7.11 Å². The van der Waals surface area contributed by atoms with Crippen LogP contribution in [0.4, 0.5) is 5.69 Å². The zero-order valence-corrected chi connectivity index (χ0v) is 17.9. The predicted molar refractivity (Wildman–Crippen MR) is 116 cm³/mol. The van der Waals surface area contributed by atoms with Gasteiger partial charge < -0.3 is 9.84 Å². The summed E-state index contributed by atoms with van der Waals surface area (Å²) in [5, 5.41) is 13.2. The molecule has 2 aromatic carbocycles. The molecule has 6 nitrogen and oxygen atoms in total. The lowest BCUT2D eigenvalue weighted by atomic mass is 10.2. The van der Waals surface area contributed by atoms with Gasteiger partial charge in [-0.15, -0.1) is 12.4 Å². The minimum Gasteiger partial charge on any atom is -0.859 e. The maximum Gasteiger partial charge on any atom is 0.337 e. The normalized spacial score (nSPS) is 12.9. The second-order valence-corrected chi connectivity index (χ2v) is 7.30. The number of nitrogens with zero attached hydrogens (tertiary/aromatic N) is 3. The van der Waals surface area contributed by atoms with Crippen molar-refractivity contribution in [2.75, 3.05) is 7.11 Å². The van der Waals surface area contributed by atoms with Crippen LogP contribution in [0.1, 0.15) is 22.6 Å². The number of ether oxygens (including phenoxy) is 1. The molecule has 0 unspecified atom stereocenters. The van der Waals surface area contributed by atoms with Crippen molar-refractivity contribution >= 4 is 41.6 Å². The van der Waals surface area contributed by atoms with Crippen LogP contribution in [0.5, 0.6) is 0 Å². The van der Waals surface area contributed by atoms with Crippen LogP contribution in [0.15, 0.2) is 59.7 Å². The fourth-order valence-electron chi connectivity index (χ4n) is 3.61. The molecule has 0 amide bonds. The van der Waals surface area contributed by atoms with E-state index in [-0.39, 0.29) is 24.8 Å². The Labute approximate surface area is 185 Å². The summed E-state index contributed by atoms with van der Waals surface area (Å²) in [5.74, 6) is 0.459. The molecule has 4 rings (SSSR count). The molecule has 1 aromatic heterocycles. The smallest absolute Gasteiger partial charge is 0.337 e. The number of esters is 1. The van der Waals surface area contributed by atoms with Crippen LogP contribution in [0.25, 0.3) is 11.3 Å². The van der Waals surface area contributed by atoms with Crippen molar-refractivity contribution in [2.45, 2.75) is 25.9 Å². The first-order valence-corrected chi connectivity index (χ1v) is 9.73. The maximum absolute atomic E-state index is 12.5. The van der Waals surface area contributed by atoms with Crippen molar-refractivity contribution in [2.24, 2.45) is 4.99 Å². The molecule has 30 heavy (non-hydrogen) atoms. The minimum atomic E-state index is -0.419. The second kappa shape index (κ2) is 9.32. The molecule has 156 valence electrons. The molecule has 2 heterocycles. The van der Waals surface area contributed by atoms with Gasteiger partial charge in [0.2, 0.25) is 0 Å². The Hall–Kier alpha value is -2.83. The topological polar surface area (TPSA) is 70.5 Å². The van der Waals surface area contributed by atoms with Gasteiger partial charge in [-0.05, 0) is 55.0 Å². The molecule has 0 N–H and O–H groups in total. The molecule has 0 saturated heterocycles. The maximum atomic E-state index is 12.5. The number of benzene rings is 2. The molecule has 1 aliphatic heterocycles. The van der Waals surface area contributed by atoms with E-state index in [2.05, 4.69) is 14.3 Å². The zero-order chi connectivity index (χ0) is 20.4.